The molecule has 2 aromatic heterocycles. The van der Waals surface area contributed by atoms with Crippen molar-refractivity contribution in [1.82, 2.24) is 24.6 Å². The number of likely N-dealkylation sites (tertiary alicyclic amines) is 1. The van der Waals surface area contributed by atoms with Crippen LogP contribution in [0.1, 0.15) is 112 Å². The smallest absolute Gasteiger partial charge is 0.306 e. The van der Waals surface area contributed by atoms with Crippen LogP contribution in [0.15, 0.2) is 42.7 Å². The number of carboxylic acid groups (broad SMARTS) is 1. The summed E-state index contributed by atoms with van der Waals surface area (Å²) in [6, 6.07) is 11.2. The number of benzene rings is 1. The van der Waals surface area contributed by atoms with Gasteiger partial charge >= 0.3 is 5.97 Å². The highest BCUT2D eigenvalue weighted by molar-refractivity contribution is 5.70. The number of fused-ring (bicyclic) bond motifs is 1. The molecule has 45 heavy (non-hydrogen) atoms. The van der Waals surface area contributed by atoms with Gasteiger partial charge in [-0.1, -0.05) is 50.6 Å². The molecule has 0 spiro atoms. The molecule has 2 aliphatic carbocycles. The van der Waals surface area contributed by atoms with Gasteiger partial charge in [0.2, 0.25) is 5.95 Å². The Bertz CT molecular complexity index is 1410. The lowest BCUT2D eigenvalue weighted by Crippen LogP contribution is -2.36. The van der Waals surface area contributed by atoms with Crippen LogP contribution in [0, 0.1) is 11.8 Å². The van der Waals surface area contributed by atoms with Crippen molar-refractivity contribution in [2.75, 3.05) is 30.3 Å². The third kappa shape index (κ3) is 7.35. The minimum absolute atomic E-state index is 0.0567. The first kappa shape index (κ1) is 31.5. The number of hydrogen-bond donors (Lipinski definition) is 3. The number of anilines is 2. The first-order chi connectivity index (χ1) is 21.9. The number of carbonyl (C=O) groups is 1. The lowest BCUT2D eigenvalue weighted by atomic mass is 9.74. The number of nitrogens with zero attached hydrogens (tertiary/aromatic N) is 5. The predicted octanol–water partition coefficient (Wildman–Crippen LogP) is 6.76. The van der Waals surface area contributed by atoms with Gasteiger partial charge in [-0.2, -0.15) is 10.1 Å². The molecule has 6 rings (SSSR count). The SMILES string of the molecule is CC[C@@H](Nc1nc2c(c(N[C@@H](CN3CCCCC3)c3cnn(C)c3)n1)[C@H](C)[C@H](c1ccccc1)CC2)C1CCC(C(=O)O)CC1. The molecule has 9 nitrogen and oxygen atoms in total. The molecule has 1 saturated carbocycles. The van der Waals surface area contributed by atoms with Crippen LogP contribution in [0.25, 0.3) is 0 Å². The summed E-state index contributed by atoms with van der Waals surface area (Å²) in [5.41, 5.74) is 4.93. The molecule has 4 atom stereocenters. The number of aromatic nitrogens is 4. The van der Waals surface area contributed by atoms with Crippen molar-refractivity contribution in [2.24, 2.45) is 18.9 Å². The molecule has 0 unspecified atom stereocenters. The highest BCUT2D eigenvalue weighted by Crippen LogP contribution is 2.45. The molecule has 2 fully saturated rings. The maximum absolute atomic E-state index is 11.6. The Kier molecular flexibility index (Phi) is 10.0. The van der Waals surface area contributed by atoms with Crippen LogP contribution >= 0.6 is 0 Å². The van der Waals surface area contributed by atoms with E-state index in [0.29, 0.717) is 17.8 Å². The van der Waals surface area contributed by atoms with Crippen molar-refractivity contribution in [3.8, 4) is 0 Å². The summed E-state index contributed by atoms with van der Waals surface area (Å²) in [7, 11) is 1.98. The van der Waals surface area contributed by atoms with E-state index in [9.17, 15) is 9.90 Å². The number of aryl methyl sites for hydroxylation is 2. The van der Waals surface area contributed by atoms with Crippen LogP contribution in [0.3, 0.4) is 0 Å². The number of nitrogens with one attached hydrogen (secondary N) is 2. The zero-order valence-corrected chi connectivity index (χ0v) is 27.3. The summed E-state index contributed by atoms with van der Waals surface area (Å²) in [5, 5.41) is 21.8. The maximum Gasteiger partial charge on any atom is 0.306 e. The quantitative estimate of drug-likeness (QED) is 0.218. The van der Waals surface area contributed by atoms with Crippen molar-refractivity contribution in [2.45, 2.75) is 102 Å². The largest absolute Gasteiger partial charge is 0.481 e. The zero-order valence-electron chi connectivity index (χ0n) is 27.3. The third-order valence-corrected chi connectivity index (χ3v) is 10.8. The number of rotatable bonds is 11. The Morgan fingerprint density at radius 1 is 1.02 bits per heavy atom. The third-order valence-electron chi connectivity index (χ3n) is 10.8. The monoisotopic (exact) mass is 613 g/mol. The number of aliphatic carboxylic acids is 1. The van der Waals surface area contributed by atoms with Crippen LogP contribution in [0.4, 0.5) is 11.8 Å². The Morgan fingerprint density at radius 2 is 1.78 bits per heavy atom. The Labute approximate surface area is 268 Å². The van der Waals surface area contributed by atoms with Gasteiger partial charge in [-0.3, -0.25) is 9.48 Å². The lowest BCUT2D eigenvalue weighted by molar-refractivity contribution is -0.143. The fourth-order valence-corrected chi connectivity index (χ4v) is 8.17. The minimum Gasteiger partial charge on any atom is -0.481 e. The van der Waals surface area contributed by atoms with Gasteiger partial charge in [0, 0.05) is 37.0 Å². The van der Waals surface area contributed by atoms with E-state index in [1.54, 1.807) is 0 Å². The van der Waals surface area contributed by atoms with Crippen molar-refractivity contribution in [3.63, 3.8) is 0 Å². The van der Waals surface area contributed by atoms with Gasteiger partial charge in [-0.05, 0) is 94.2 Å². The van der Waals surface area contributed by atoms with E-state index in [1.165, 1.54) is 36.0 Å². The second-order valence-corrected chi connectivity index (χ2v) is 13.7. The average molecular weight is 614 g/mol. The Balaban J connectivity index is 1.32. The maximum atomic E-state index is 11.6. The normalized spacial score (nSPS) is 25.2. The van der Waals surface area contributed by atoms with Gasteiger partial charge < -0.3 is 20.6 Å². The number of piperidine rings is 1. The van der Waals surface area contributed by atoms with Crippen molar-refractivity contribution in [1.29, 1.82) is 0 Å². The summed E-state index contributed by atoms with van der Waals surface area (Å²) in [5.74, 6) is 1.86. The summed E-state index contributed by atoms with van der Waals surface area (Å²) in [6.45, 7) is 7.72. The van der Waals surface area contributed by atoms with Crippen LogP contribution in [-0.4, -0.2) is 61.4 Å². The Morgan fingerprint density at radius 3 is 2.44 bits per heavy atom. The topological polar surface area (TPSA) is 108 Å². The second kappa shape index (κ2) is 14.3. The molecule has 3 heterocycles. The molecular formula is C36H51N7O2. The van der Waals surface area contributed by atoms with Crippen LogP contribution in [-0.2, 0) is 18.3 Å². The number of carboxylic acids is 1. The molecule has 1 saturated heterocycles. The standard InChI is InChI=1S/C36H51N7O2/c1-4-30(26-13-15-27(16-14-26)35(44)45)39-36-40-31-18-17-29(25-11-7-5-8-12-25)24(2)33(31)34(41-36)38-32(28-21-37-42(3)22-28)23-43-19-9-6-10-20-43/h5,7-8,11-12,21-22,24,26-27,29-30,32H,4,6,9-10,13-20,23H2,1-3H3,(H,44,45)(H2,38,39,40,41)/t24-,26?,27?,29-,30-,32+/m1/s1. The summed E-state index contributed by atoms with van der Waals surface area (Å²) in [4.78, 5) is 24.6. The van der Waals surface area contributed by atoms with E-state index in [-0.39, 0.29) is 23.9 Å². The van der Waals surface area contributed by atoms with Gasteiger partial charge in [0.05, 0.1) is 23.9 Å². The van der Waals surface area contributed by atoms with E-state index >= 15 is 0 Å². The summed E-state index contributed by atoms with van der Waals surface area (Å²) in [6.07, 6.45) is 14.2. The highest BCUT2D eigenvalue weighted by Gasteiger charge is 2.34. The van der Waals surface area contributed by atoms with E-state index < -0.39 is 5.97 Å². The van der Waals surface area contributed by atoms with E-state index in [1.807, 2.05) is 17.9 Å². The summed E-state index contributed by atoms with van der Waals surface area (Å²) < 4.78 is 1.89. The molecular weight excluding hydrogens is 562 g/mol. The fraction of sp³-hybridized carbons (Fsp3) is 0.611. The minimum atomic E-state index is -0.654. The van der Waals surface area contributed by atoms with Crippen LogP contribution in [0.5, 0.6) is 0 Å². The van der Waals surface area contributed by atoms with E-state index in [0.717, 1.165) is 76.1 Å². The van der Waals surface area contributed by atoms with Crippen molar-refractivity contribution < 1.29 is 9.90 Å². The average Bonchev–Trinajstić information content (AvgIpc) is 3.50. The molecule has 3 aliphatic rings. The highest BCUT2D eigenvalue weighted by atomic mass is 16.4. The molecule has 242 valence electrons. The molecule has 1 aliphatic heterocycles. The summed E-state index contributed by atoms with van der Waals surface area (Å²) >= 11 is 0. The van der Waals surface area contributed by atoms with Gasteiger partial charge in [-0.25, -0.2) is 4.98 Å². The molecule has 9 heteroatoms. The molecule has 0 bridgehead atoms. The van der Waals surface area contributed by atoms with Gasteiger partial charge in [-0.15, -0.1) is 0 Å². The van der Waals surface area contributed by atoms with Crippen LogP contribution < -0.4 is 10.6 Å². The molecule has 3 aromatic rings. The lowest BCUT2D eigenvalue weighted by Gasteiger charge is -2.36. The second-order valence-electron chi connectivity index (χ2n) is 13.7. The fourth-order valence-electron chi connectivity index (χ4n) is 8.17. The molecule has 0 amide bonds. The van der Waals surface area contributed by atoms with Crippen molar-refractivity contribution >= 4 is 17.7 Å². The van der Waals surface area contributed by atoms with E-state index in [4.69, 9.17) is 9.97 Å². The van der Waals surface area contributed by atoms with Gasteiger partial charge in [0.25, 0.3) is 0 Å². The zero-order chi connectivity index (χ0) is 31.3. The van der Waals surface area contributed by atoms with Gasteiger partial charge in [0.15, 0.2) is 0 Å². The number of hydrogen-bond acceptors (Lipinski definition) is 7. The molecule has 3 N–H and O–H groups in total. The first-order valence-electron chi connectivity index (χ1n) is 17.3. The van der Waals surface area contributed by atoms with Crippen LogP contribution in [0.2, 0.25) is 0 Å². The predicted molar refractivity (Wildman–Crippen MR) is 179 cm³/mol. The van der Waals surface area contributed by atoms with Crippen molar-refractivity contribution in [3.05, 3.63) is 65.1 Å². The van der Waals surface area contributed by atoms with E-state index in [2.05, 4.69) is 71.0 Å². The van der Waals surface area contributed by atoms with Gasteiger partial charge in [0.1, 0.15) is 5.82 Å². The Hall–Kier alpha value is -3.46. The molecule has 1 aromatic carbocycles. The molecule has 0 radical (unpaired) electrons. The first-order valence-corrected chi connectivity index (χ1v) is 17.3.